The molecule has 0 bridgehead atoms. The lowest BCUT2D eigenvalue weighted by Crippen LogP contribution is -2.35. The molecule has 1 heterocycles. The van der Waals surface area contributed by atoms with Gasteiger partial charge in [0.1, 0.15) is 0 Å². The van der Waals surface area contributed by atoms with Crippen LogP contribution in [0.4, 0.5) is 0 Å². The Kier molecular flexibility index (Phi) is 4.28. The van der Waals surface area contributed by atoms with Gasteiger partial charge in [-0.3, -0.25) is 4.79 Å². The van der Waals surface area contributed by atoms with Gasteiger partial charge in [-0.15, -0.1) is 0 Å². The number of rotatable bonds is 3. The second-order valence-corrected chi connectivity index (χ2v) is 6.90. The van der Waals surface area contributed by atoms with E-state index in [1.165, 1.54) is 12.8 Å². The first-order chi connectivity index (χ1) is 11.8. The first-order valence-corrected chi connectivity index (χ1v) is 9.03. The van der Waals surface area contributed by atoms with E-state index in [0.29, 0.717) is 0 Å². The molecule has 0 aliphatic heterocycles. The van der Waals surface area contributed by atoms with Crippen molar-refractivity contribution in [1.29, 1.82) is 0 Å². The van der Waals surface area contributed by atoms with Crippen molar-refractivity contribution in [1.82, 2.24) is 15.3 Å². The number of fused-ring (bicyclic) bond motifs is 1. The summed E-state index contributed by atoms with van der Waals surface area (Å²) in [6.07, 6.45) is 9.37. The summed E-state index contributed by atoms with van der Waals surface area (Å²) in [6.45, 7) is 0. The monoisotopic (exact) mass is 321 g/mol. The maximum atomic E-state index is 12.5. The number of hydrogen-bond donors (Lipinski definition) is 1. The molecule has 1 N–H and O–H groups in total. The summed E-state index contributed by atoms with van der Waals surface area (Å²) in [5.74, 6) is 1.20. The van der Waals surface area contributed by atoms with Gasteiger partial charge in [-0.25, -0.2) is 9.97 Å². The molecule has 2 aromatic rings. The summed E-state index contributed by atoms with van der Waals surface area (Å²) in [7, 11) is 0. The quantitative estimate of drug-likeness (QED) is 0.935. The Hall–Kier alpha value is -2.23. The Morgan fingerprint density at radius 1 is 1.04 bits per heavy atom. The van der Waals surface area contributed by atoms with Crippen LogP contribution in [0.25, 0.3) is 11.4 Å². The van der Waals surface area contributed by atoms with Gasteiger partial charge in [0.05, 0.1) is 6.04 Å². The molecule has 1 unspecified atom stereocenters. The molecular formula is C20H23N3O. The molecule has 0 radical (unpaired) electrons. The molecule has 0 saturated heterocycles. The zero-order valence-corrected chi connectivity index (χ0v) is 13.9. The van der Waals surface area contributed by atoms with E-state index >= 15 is 0 Å². The van der Waals surface area contributed by atoms with Gasteiger partial charge in [0.15, 0.2) is 5.82 Å². The van der Waals surface area contributed by atoms with E-state index in [1.807, 2.05) is 36.5 Å². The molecular weight excluding hydrogens is 298 g/mol. The molecule has 4 nitrogen and oxygen atoms in total. The fraction of sp³-hybridized carbons (Fsp3) is 0.450. The largest absolute Gasteiger partial charge is 0.349 e. The summed E-state index contributed by atoms with van der Waals surface area (Å²) >= 11 is 0. The van der Waals surface area contributed by atoms with Gasteiger partial charge < -0.3 is 5.32 Å². The van der Waals surface area contributed by atoms with Crippen molar-refractivity contribution >= 4 is 5.91 Å². The minimum absolute atomic E-state index is 0.0756. The molecule has 1 saturated carbocycles. The fourth-order valence-electron chi connectivity index (χ4n) is 3.90. The van der Waals surface area contributed by atoms with Crippen molar-refractivity contribution in [2.75, 3.05) is 0 Å². The average Bonchev–Trinajstić information content (AvgIpc) is 3.17. The molecule has 0 spiro atoms. The lowest BCUT2D eigenvalue weighted by atomic mass is 9.91. The summed E-state index contributed by atoms with van der Waals surface area (Å²) in [5, 5.41) is 3.26. The standard InChI is InChI=1S/C20H23N3O/c24-20(15-9-4-5-10-15)23-18-12-6-11-17-16(18)13-21-19(22-17)14-7-2-1-3-8-14/h1-3,7-8,13,15,18H,4-6,9-12H2,(H,23,24). The number of carbonyl (C=O) groups is 1. The summed E-state index contributed by atoms with van der Waals surface area (Å²) in [6, 6.07) is 10.1. The fourth-order valence-corrected chi connectivity index (χ4v) is 3.90. The van der Waals surface area contributed by atoms with Crippen LogP contribution >= 0.6 is 0 Å². The van der Waals surface area contributed by atoms with E-state index in [0.717, 1.165) is 54.7 Å². The predicted molar refractivity (Wildman–Crippen MR) is 93.2 cm³/mol. The van der Waals surface area contributed by atoms with Gasteiger partial charge in [-0.2, -0.15) is 0 Å². The number of aromatic nitrogens is 2. The number of nitrogens with zero attached hydrogens (tertiary/aromatic N) is 2. The zero-order valence-electron chi connectivity index (χ0n) is 13.9. The SMILES string of the molecule is O=C(NC1CCCc2nc(-c3ccccc3)ncc21)C1CCCC1. The van der Waals surface area contributed by atoms with Crippen LogP contribution in [-0.2, 0) is 11.2 Å². The number of nitrogens with one attached hydrogen (secondary N) is 1. The smallest absolute Gasteiger partial charge is 0.223 e. The third-order valence-electron chi connectivity index (χ3n) is 5.26. The Morgan fingerprint density at radius 3 is 2.62 bits per heavy atom. The maximum absolute atomic E-state index is 12.5. The molecule has 24 heavy (non-hydrogen) atoms. The van der Waals surface area contributed by atoms with Crippen molar-refractivity contribution in [3.63, 3.8) is 0 Å². The normalized spacial score (nSPS) is 20.6. The number of aryl methyl sites for hydroxylation is 1. The Labute approximate surface area is 142 Å². The van der Waals surface area contributed by atoms with Crippen LogP contribution in [0.2, 0.25) is 0 Å². The average molecular weight is 321 g/mol. The van der Waals surface area contributed by atoms with Gasteiger partial charge in [-0.1, -0.05) is 43.2 Å². The third-order valence-corrected chi connectivity index (χ3v) is 5.26. The molecule has 1 fully saturated rings. The van der Waals surface area contributed by atoms with Crippen LogP contribution in [-0.4, -0.2) is 15.9 Å². The van der Waals surface area contributed by atoms with Crippen molar-refractivity contribution in [2.24, 2.45) is 5.92 Å². The first kappa shape index (κ1) is 15.3. The van der Waals surface area contributed by atoms with Gasteiger partial charge in [0.2, 0.25) is 5.91 Å². The highest BCUT2D eigenvalue weighted by Gasteiger charge is 2.28. The van der Waals surface area contributed by atoms with Crippen molar-refractivity contribution in [3.8, 4) is 11.4 Å². The molecule has 1 atom stereocenters. The van der Waals surface area contributed by atoms with Crippen LogP contribution < -0.4 is 5.32 Å². The lowest BCUT2D eigenvalue weighted by molar-refractivity contribution is -0.125. The highest BCUT2D eigenvalue weighted by atomic mass is 16.1. The van der Waals surface area contributed by atoms with Crippen molar-refractivity contribution in [3.05, 3.63) is 47.8 Å². The van der Waals surface area contributed by atoms with Crippen LogP contribution in [0, 0.1) is 5.92 Å². The number of hydrogen-bond acceptors (Lipinski definition) is 3. The molecule has 2 aliphatic carbocycles. The molecule has 1 aromatic carbocycles. The minimum atomic E-state index is 0.0756. The molecule has 4 heteroatoms. The second kappa shape index (κ2) is 6.71. The Balaban J connectivity index is 1.55. The summed E-state index contributed by atoms with van der Waals surface area (Å²) in [5.41, 5.74) is 3.23. The lowest BCUT2D eigenvalue weighted by Gasteiger charge is -2.26. The van der Waals surface area contributed by atoms with Crippen LogP contribution in [0.15, 0.2) is 36.5 Å². The number of benzene rings is 1. The van der Waals surface area contributed by atoms with E-state index < -0.39 is 0 Å². The maximum Gasteiger partial charge on any atom is 0.223 e. The predicted octanol–water partition coefficient (Wildman–Crippen LogP) is 3.83. The van der Waals surface area contributed by atoms with Crippen LogP contribution in [0.1, 0.15) is 55.8 Å². The van der Waals surface area contributed by atoms with E-state index in [4.69, 9.17) is 4.98 Å². The third kappa shape index (κ3) is 3.05. The van der Waals surface area contributed by atoms with Gasteiger partial charge >= 0.3 is 0 Å². The van der Waals surface area contributed by atoms with E-state index in [9.17, 15) is 4.79 Å². The van der Waals surface area contributed by atoms with Crippen molar-refractivity contribution < 1.29 is 4.79 Å². The Morgan fingerprint density at radius 2 is 1.83 bits per heavy atom. The second-order valence-electron chi connectivity index (χ2n) is 6.90. The molecule has 2 aliphatic rings. The molecule has 4 rings (SSSR count). The Bertz CT molecular complexity index is 723. The molecule has 1 aromatic heterocycles. The van der Waals surface area contributed by atoms with E-state index in [-0.39, 0.29) is 17.9 Å². The van der Waals surface area contributed by atoms with E-state index in [2.05, 4.69) is 10.3 Å². The minimum Gasteiger partial charge on any atom is -0.349 e. The summed E-state index contributed by atoms with van der Waals surface area (Å²) in [4.78, 5) is 21.8. The highest BCUT2D eigenvalue weighted by molar-refractivity contribution is 5.79. The highest BCUT2D eigenvalue weighted by Crippen LogP contribution is 2.31. The summed E-state index contributed by atoms with van der Waals surface area (Å²) < 4.78 is 0. The van der Waals surface area contributed by atoms with Gasteiger partial charge in [0.25, 0.3) is 0 Å². The number of amides is 1. The van der Waals surface area contributed by atoms with Crippen LogP contribution in [0.3, 0.4) is 0 Å². The van der Waals surface area contributed by atoms with Crippen LogP contribution in [0.5, 0.6) is 0 Å². The number of carbonyl (C=O) groups excluding carboxylic acids is 1. The van der Waals surface area contributed by atoms with E-state index in [1.54, 1.807) is 0 Å². The van der Waals surface area contributed by atoms with Crippen molar-refractivity contribution in [2.45, 2.75) is 51.0 Å². The van der Waals surface area contributed by atoms with Gasteiger partial charge in [-0.05, 0) is 32.1 Å². The molecule has 1 amide bonds. The van der Waals surface area contributed by atoms with Gasteiger partial charge in [0, 0.05) is 28.9 Å². The first-order valence-electron chi connectivity index (χ1n) is 9.03. The topological polar surface area (TPSA) is 54.9 Å². The zero-order chi connectivity index (χ0) is 16.4. The molecule has 124 valence electrons.